The molecule has 0 amide bonds. The number of rotatable bonds is 8. The molecule has 0 radical (unpaired) electrons. The van der Waals surface area contributed by atoms with Crippen molar-refractivity contribution in [1.82, 2.24) is 10.3 Å². The van der Waals surface area contributed by atoms with E-state index in [2.05, 4.69) is 39.9 Å². The highest BCUT2D eigenvalue weighted by Gasteiger charge is 2.23. The predicted octanol–water partition coefficient (Wildman–Crippen LogP) is 3.91. The quantitative estimate of drug-likeness (QED) is 0.790. The molecule has 0 bridgehead atoms. The summed E-state index contributed by atoms with van der Waals surface area (Å²) in [5.74, 6) is 0.412. The molecule has 21 heavy (non-hydrogen) atoms. The van der Waals surface area contributed by atoms with E-state index in [0.29, 0.717) is 19.1 Å². The Kier molecular flexibility index (Phi) is 7.27. The summed E-state index contributed by atoms with van der Waals surface area (Å²) in [7, 11) is 1.71. The van der Waals surface area contributed by atoms with Gasteiger partial charge < -0.3 is 14.8 Å². The highest BCUT2D eigenvalue weighted by atomic mass is 32.1. The van der Waals surface area contributed by atoms with Crippen LogP contribution < -0.4 is 5.32 Å². The molecule has 0 spiro atoms. The fourth-order valence-corrected chi connectivity index (χ4v) is 3.22. The molecule has 0 fully saturated rings. The molecule has 5 heteroatoms. The zero-order chi connectivity index (χ0) is 16.0. The van der Waals surface area contributed by atoms with Crippen molar-refractivity contribution in [2.75, 3.05) is 13.7 Å². The Morgan fingerprint density at radius 3 is 2.43 bits per heavy atom. The molecular formula is C16H30N2O2S. The van der Waals surface area contributed by atoms with Crippen LogP contribution in [0.25, 0.3) is 0 Å². The van der Waals surface area contributed by atoms with Crippen molar-refractivity contribution in [2.24, 2.45) is 5.92 Å². The molecule has 0 saturated heterocycles. The first-order valence-electron chi connectivity index (χ1n) is 7.62. The zero-order valence-electron chi connectivity index (χ0n) is 14.4. The largest absolute Gasteiger partial charge is 0.378 e. The van der Waals surface area contributed by atoms with Crippen LogP contribution in [0.2, 0.25) is 0 Å². The standard InChI is InChI=1S/C16H30N2O2S/c1-8-20-14(11(2)3)15-18-12(10-19-7)13(21-15)9-17-16(4,5)6/h11,14,17H,8-10H2,1-7H3. The molecule has 1 rings (SSSR count). The Hall–Kier alpha value is -0.490. The minimum Gasteiger partial charge on any atom is -0.378 e. The Bertz CT molecular complexity index is 424. The fraction of sp³-hybridized carbons (Fsp3) is 0.812. The molecule has 0 aliphatic rings. The molecule has 1 aromatic heterocycles. The number of ether oxygens (including phenoxy) is 2. The van der Waals surface area contributed by atoms with Crippen molar-refractivity contribution in [1.29, 1.82) is 0 Å². The van der Waals surface area contributed by atoms with Gasteiger partial charge in [-0.05, 0) is 33.6 Å². The molecule has 122 valence electrons. The third kappa shape index (κ3) is 6.02. The highest BCUT2D eigenvalue weighted by molar-refractivity contribution is 7.11. The van der Waals surface area contributed by atoms with Gasteiger partial charge in [0.2, 0.25) is 0 Å². The molecule has 0 saturated carbocycles. The van der Waals surface area contributed by atoms with Crippen molar-refractivity contribution in [3.05, 3.63) is 15.6 Å². The van der Waals surface area contributed by atoms with E-state index in [1.165, 1.54) is 4.88 Å². The summed E-state index contributed by atoms with van der Waals surface area (Å²) in [6.45, 7) is 15.0. The summed E-state index contributed by atoms with van der Waals surface area (Å²) < 4.78 is 11.2. The van der Waals surface area contributed by atoms with Gasteiger partial charge in [0.25, 0.3) is 0 Å². The summed E-state index contributed by atoms with van der Waals surface area (Å²) in [6.07, 6.45) is 0.0685. The molecule has 0 aromatic carbocycles. The van der Waals surface area contributed by atoms with E-state index < -0.39 is 0 Å². The van der Waals surface area contributed by atoms with Crippen LogP contribution in [-0.4, -0.2) is 24.2 Å². The van der Waals surface area contributed by atoms with E-state index in [1.807, 2.05) is 6.92 Å². The average molecular weight is 314 g/mol. The number of aromatic nitrogens is 1. The molecule has 1 heterocycles. The summed E-state index contributed by atoms with van der Waals surface area (Å²) in [5.41, 5.74) is 1.12. The van der Waals surface area contributed by atoms with Crippen LogP contribution >= 0.6 is 11.3 Å². The topological polar surface area (TPSA) is 43.4 Å². The number of methoxy groups -OCH3 is 1. The lowest BCUT2D eigenvalue weighted by Gasteiger charge is -2.20. The Balaban J connectivity index is 2.96. The summed E-state index contributed by atoms with van der Waals surface area (Å²) in [6, 6.07) is 0. The second-order valence-corrected chi connectivity index (χ2v) is 7.69. The van der Waals surface area contributed by atoms with Gasteiger partial charge in [-0.3, -0.25) is 0 Å². The van der Waals surface area contributed by atoms with Crippen molar-refractivity contribution in [2.45, 2.75) is 66.3 Å². The number of hydrogen-bond donors (Lipinski definition) is 1. The molecular weight excluding hydrogens is 284 g/mol. The van der Waals surface area contributed by atoms with E-state index >= 15 is 0 Å². The van der Waals surface area contributed by atoms with E-state index in [1.54, 1.807) is 18.4 Å². The highest BCUT2D eigenvalue weighted by Crippen LogP contribution is 2.32. The number of thiazole rings is 1. The van der Waals surface area contributed by atoms with Gasteiger partial charge in [0.1, 0.15) is 11.1 Å². The van der Waals surface area contributed by atoms with Crippen LogP contribution in [0, 0.1) is 5.92 Å². The molecule has 1 atom stereocenters. The fourth-order valence-electron chi connectivity index (χ4n) is 1.99. The molecule has 0 aliphatic heterocycles. The van der Waals surface area contributed by atoms with Crippen LogP contribution in [0.5, 0.6) is 0 Å². The van der Waals surface area contributed by atoms with Crippen molar-refractivity contribution < 1.29 is 9.47 Å². The first kappa shape index (κ1) is 18.6. The molecule has 1 unspecified atom stereocenters. The van der Waals surface area contributed by atoms with Gasteiger partial charge in [-0.15, -0.1) is 11.3 Å². The van der Waals surface area contributed by atoms with Gasteiger partial charge in [0.05, 0.1) is 12.3 Å². The normalized spacial score (nSPS) is 13.9. The second kappa shape index (κ2) is 8.22. The minimum absolute atomic E-state index is 0.0685. The lowest BCUT2D eigenvalue weighted by molar-refractivity contribution is 0.0290. The first-order chi connectivity index (χ1) is 9.78. The maximum absolute atomic E-state index is 5.87. The predicted molar refractivity (Wildman–Crippen MR) is 88.6 cm³/mol. The summed E-state index contributed by atoms with van der Waals surface area (Å²) in [4.78, 5) is 6.01. The van der Waals surface area contributed by atoms with Crippen LogP contribution in [0.1, 0.15) is 63.2 Å². The number of hydrogen-bond acceptors (Lipinski definition) is 5. The number of nitrogens with zero attached hydrogens (tertiary/aromatic N) is 1. The van der Waals surface area contributed by atoms with E-state index in [4.69, 9.17) is 14.5 Å². The molecule has 4 nitrogen and oxygen atoms in total. The molecule has 1 N–H and O–H groups in total. The lowest BCUT2D eigenvalue weighted by atomic mass is 10.1. The Morgan fingerprint density at radius 2 is 1.95 bits per heavy atom. The van der Waals surface area contributed by atoms with Crippen molar-refractivity contribution >= 4 is 11.3 Å². The van der Waals surface area contributed by atoms with Crippen LogP contribution in [0.15, 0.2) is 0 Å². The first-order valence-corrected chi connectivity index (χ1v) is 8.44. The average Bonchev–Trinajstić information content (AvgIpc) is 2.75. The van der Waals surface area contributed by atoms with Gasteiger partial charge in [0.15, 0.2) is 0 Å². The van der Waals surface area contributed by atoms with E-state index in [9.17, 15) is 0 Å². The summed E-state index contributed by atoms with van der Waals surface area (Å²) in [5, 5.41) is 4.58. The molecule has 0 aliphatic carbocycles. The monoisotopic (exact) mass is 314 g/mol. The molecule has 1 aromatic rings. The van der Waals surface area contributed by atoms with Gasteiger partial charge in [-0.1, -0.05) is 13.8 Å². The smallest absolute Gasteiger partial charge is 0.122 e. The Morgan fingerprint density at radius 1 is 1.29 bits per heavy atom. The maximum Gasteiger partial charge on any atom is 0.122 e. The zero-order valence-corrected chi connectivity index (χ0v) is 15.3. The SMILES string of the molecule is CCOC(c1nc(COC)c(CNC(C)(C)C)s1)C(C)C. The lowest BCUT2D eigenvalue weighted by Crippen LogP contribution is -2.35. The van der Waals surface area contributed by atoms with Gasteiger partial charge in [-0.2, -0.15) is 0 Å². The van der Waals surface area contributed by atoms with E-state index in [-0.39, 0.29) is 11.6 Å². The van der Waals surface area contributed by atoms with Crippen molar-refractivity contribution in [3.63, 3.8) is 0 Å². The number of nitrogens with one attached hydrogen (secondary N) is 1. The van der Waals surface area contributed by atoms with E-state index in [0.717, 1.165) is 17.2 Å². The second-order valence-electron chi connectivity index (χ2n) is 6.58. The maximum atomic E-state index is 5.87. The van der Waals surface area contributed by atoms with Crippen LogP contribution in [0.3, 0.4) is 0 Å². The van der Waals surface area contributed by atoms with Gasteiger partial charge in [0, 0.05) is 30.7 Å². The van der Waals surface area contributed by atoms with Gasteiger partial charge >= 0.3 is 0 Å². The minimum atomic E-state index is 0.0685. The van der Waals surface area contributed by atoms with Crippen LogP contribution in [-0.2, 0) is 22.6 Å². The third-order valence-electron chi connectivity index (χ3n) is 3.05. The summed E-state index contributed by atoms with van der Waals surface area (Å²) >= 11 is 1.74. The van der Waals surface area contributed by atoms with Crippen LogP contribution in [0.4, 0.5) is 0 Å². The third-order valence-corrected chi connectivity index (χ3v) is 4.21. The van der Waals surface area contributed by atoms with Gasteiger partial charge in [-0.25, -0.2) is 4.98 Å². The Labute approximate surface area is 133 Å². The van der Waals surface area contributed by atoms with Crippen molar-refractivity contribution in [3.8, 4) is 0 Å².